The largest absolute Gasteiger partial charge is 0.439 e. The molecule has 0 saturated carbocycles. The lowest BCUT2D eigenvalue weighted by atomic mass is 10.3. The van der Waals surface area contributed by atoms with Gasteiger partial charge in [0.25, 0.3) is 0 Å². The van der Waals surface area contributed by atoms with E-state index in [1.807, 2.05) is 24.3 Å². The van der Waals surface area contributed by atoms with Gasteiger partial charge in [-0.3, -0.25) is 4.79 Å². The Kier molecular flexibility index (Phi) is 3.16. The maximum absolute atomic E-state index is 11.1. The number of benzene rings is 1. The van der Waals surface area contributed by atoms with Gasteiger partial charge in [-0.1, -0.05) is 12.1 Å². The van der Waals surface area contributed by atoms with E-state index in [0.29, 0.717) is 5.89 Å². The fourth-order valence-electron chi connectivity index (χ4n) is 1.35. The molecule has 1 aromatic carbocycles. The van der Waals surface area contributed by atoms with Crippen LogP contribution in [0.4, 0.5) is 0 Å². The number of carbonyl (C=O) groups excluding carboxylic acids is 1. The molecule has 0 spiro atoms. The van der Waals surface area contributed by atoms with Crippen molar-refractivity contribution in [2.24, 2.45) is 0 Å². The third kappa shape index (κ3) is 2.38. The topological polar surface area (TPSA) is 64.4 Å². The number of oxazole rings is 1. The molecule has 0 fully saturated rings. The minimum atomic E-state index is -0.190. The van der Waals surface area contributed by atoms with Gasteiger partial charge >= 0.3 is 0 Å². The Morgan fingerprint density at radius 3 is 3.06 bits per heavy atom. The summed E-state index contributed by atoms with van der Waals surface area (Å²) >= 11 is 0. The summed E-state index contributed by atoms with van der Waals surface area (Å²) in [5.74, 6) is 0.301. The van der Waals surface area contributed by atoms with Crippen LogP contribution in [0.1, 0.15) is 5.89 Å². The van der Waals surface area contributed by atoms with E-state index in [2.05, 4.69) is 15.0 Å². The van der Waals surface area contributed by atoms with Gasteiger partial charge in [0.15, 0.2) is 5.58 Å². The van der Waals surface area contributed by atoms with E-state index >= 15 is 0 Å². The van der Waals surface area contributed by atoms with Crippen molar-refractivity contribution in [2.75, 3.05) is 13.7 Å². The summed E-state index contributed by atoms with van der Waals surface area (Å²) in [6.45, 7) is 0.317. The average Bonchev–Trinajstić information content (AvgIpc) is 2.69. The van der Waals surface area contributed by atoms with Gasteiger partial charge in [0.2, 0.25) is 11.8 Å². The molecule has 0 atom stereocenters. The molecule has 16 heavy (non-hydrogen) atoms. The van der Waals surface area contributed by atoms with Gasteiger partial charge in [-0.25, -0.2) is 4.98 Å². The van der Waals surface area contributed by atoms with Gasteiger partial charge in [-0.2, -0.15) is 0 Å². The molecule has 5 heteroatoms. The number of carbonyl (C=O) groups is 1. The molecule has 0 aliphatic heterocycles. The highest BCUT2D eigenvalue weighted by Crippen LogP contribution is 2.14. The van der Waals surface area contributed by atoms with Crippen molar-refractivity contribution in [3.05, 3.63) is 30.2 Å². The molecule has 5 nitrogen and oxygen atoms in total. The minimum absolute atomic E-state index is 0.0419. The number of hydrogen-bond donors (Lipinski definition) is 1. The van der Waals surface area contributed by atoms with Crippen molar-refractivity contribution >= 4 is 17.0 Å². The lowest BCUT2D eigenvalue weighted by Gasteiger charge is -1.99. The molecule has 0 unspecified atom stereocenters. The third-order valence-corrected chi connectivity index (χ3v) is 2.05. The zero-order valence-electron chi connectivity index (χ0n) is 8.90. The highest BCUT2D eigenvalue weighted by Gasteiger charge is 2.06. The maximum Gasteiger partial charge on any atom is 0.246 e. The van der Waals surface area contributed by atoms with Gasteiger partial charge in [-0.05, 0) is 12.1 Å². The molecular formula is C11H12N2O3. The van der Waals surface area contributed by atoms with Crippen LogP contribution in [0.15, 0.2) is 28.7 Å². The number of nitrogens with one attached hydrogen (secondary N) is 1. The number of nitrogens with zero attached hydrogens (tertiary/aromatic N) is 1. The molecule has 0 aliphatic carbocycles. The van der Waals surface area contributed by atoms with Crippen molar-refractivity contribution in [3.63, 3.8) is 0 Å². The van der Waals surface area contributed by atoms with Crippen LogP contribution in [-0.2, 0) is 16.1 Å². The van der Waals surface area contributed by atoms with Crippen LogP contribution in [0, 0.1) is 0 Å². The Morgan fingerprint density at radius 1 is 1.50 bits per heavy atom. The molecule has 0 aliphatic rings. The summed E-state index contributed by atoms with van der Waals surface area (Å²) in [7, 11) is 1.47. The minimum Gasteiger partial charge on any atom is -0.439 e. The predicted molar refractivity (Wildman–Crippen MR) is 57.7 cm³/mol. The molecule has 2 aromatic rings. The fraction of sp³-hybridized carbons (Fsp3) is 0.273. The van der Waals surface area contributed by atoms with E-state index in [-0.39, 0.29) is 19.1 Å². The van der Waals surface area contributed by atoms with Gasteiger partial charge < -0.3 is 14.5 Å². The molecule has 1 amide bonds. The Bertz CT molecular complexity index is 460. The summed E-state index contributed by atoms with van der Waals surface area (Å²) in [6.07, 6.45) is 0. The van der Waals surface area contributed by atoms with Gasteiger partial charge in [0, 0.05) is 7.11 Å². The molecular weight excluding hydrogens is 208 g/mol. The van der Waals surface area contributed by atoms with E-state index in [4.69, 9.17) is 4.42 Å². The van der Waals surface area contributed by atoms with Crippen molar-refractivity contribution in [2.45, 2.75) is 6.54 Å². The molecule has 1 N–H and O–H groups in total. The second kappa shape index (κ2) is 4.76. The van der Waals surface area contributed by atoms with Crippen LogP contribution < -0.4 is 5.32 Å². The van der Waals surface area contributed by atoms with Crippen LogP contribution in [0.3, 0.4) is 0 Å². The molecule has 1 heterocycles. The lowest BCUT2D eigenvalue weighted by Crippen LogP contribution is -2.26. The van der Waals surface area contributed by atoms with E-state index < -0.39 is 0 Å². The summed E-state index contributed by atoms with van der Waals surface area (Å²) in [5.41, 5.74) is 1.51. The first-order chi connectivity index (χ1) is 7.79. The van der Waals surface area contributed by atoms with Gasteiger partial charge in [0.1, 0.15) is 12.1 Å². The SMILES string of the molecule is COCC(=O)NCc1nc2ccccc2o1. The Labute approximate surface area is 92.4 Å². The Hall–Kier alpha value is -1.88. The molecule has 84 valence electrons. The summed E-state index contributed by atoms with van der Waals surface area (Å²) in [4.78, 5) is 15.3. The first kappa shape index (κ1) is 10.6. The smallest absolute Gasteiger partial charge is 0.246 e. The second-order valence-electron chi connectivity index (χ2n) is 3.29. The van der Waals surface area contributed by atoms with E-state index in [1.54, 1.807) is 0 Å². The zero-order chi connectivity index (χ0) is 11.4. The number of methoxy groups -OCH3 is 1. The lowest BCUT2D eigenvalue weighted by molar-refractivity contribution is -0.125. The van der Waals surface area contributed by atoms with Crippen molar-refractivity contribution in [1.29, 1.82) is 0 Å². The van der Waals surface area contributed by atoms with Crippen LogP contribution in [0.2, 0.25) is 0 Å². The number of para-hydroxylation sites is 2. The van der Waals surface area contributed by atoms with Gasteiger partial charge in [-0.15, -0.1) is 0 Å². The number of amides is 1. The second-order valence-corrected chi connectivity index (χ2v) is 3.29. The quantitative estimate of drug-likeness (QED) is 0.837. The van der Waals surface area contributed by atoms with Crippen LogP contribution >= 0.6 is 0 Å². The monoisotopic (exact) mass is 220 g/mol. The van der Waals surface area contributed by atoms with E-state index in [1.165, 1.54) is 7.11 Å². The van der Waals surface area contributed by atoms with Crippen LogP contribution in [-0.4, -0.2) is 24.6 Å². The number of aromatic nitrogens is 1. The number of rotatable bonds is 4. The number of ether oxygens (including phenoxy) is 1. The Balaban J connectivity index is 2.02. The van der Waals surface area contributed by atoms with Crippen LogP contribution in [0.25, 0.3) is 11.1 Å². The summed E-state index contributed by atoms with van der Waals surface area (Å²) < 4.78 is 10.1. The molecule has 2 rings (SSSR count). The fourth-order valence-corrected chi connectivity index (χ4v) is 1.35. The Morgan fingerprint density at radius 2 is 2.31 bits per heavy atom. The molecule has 0 bridgehead atoms. The number of fused-ring (bicyclic) bond motifs is 1. The van der Waals surface area contributed by atoms with Crippen LogP contribution in [0.5, 0.6) is 0 Å². The van der Waals surface area contributed by atoms with Gasteiger partial charge in [0.05, 0.1) is 6.54 Å². The highest BCUT2D eigenvalue weighted by molar-refractivity contribution is 5.77. The first-order valence-corrected chi connectivity index (χ1v) is 4.89. The van der Waals surface area contributed by atoms with Crippen molar-refractivity contribution in [3.8, 4) is 0 Å². The van der Waals surface area contributed by atoms with E-state index in [0.717, 1.165) is 11.1 Å². The molecule has 0 radical (unpaired) electrons. The normalized spacial score (nSPS) is 10.6. The summed E-state index contributed by atoms with van der Waals surface area (Å²) in [5, 5.41) is 2.64. The predicted octanol–water partition coefficient (Wildman–Crippen LogP) is 1.09. The summed E-state index contributed by atoms with van der Waals surface area (Å²) in [6, 6.07) is 7.46. The highest BCUT2D eigenvalue weighted by atomic mass is 16.5. The third-order valence-electron chi connectivity index (χ3n) is 2.05. The molecule has 0 saturated heterocycles. The maximum atomic E-state index is 11.1. The number of hydrogen-bond acceptors (Lipinski definition) is 4. The molecule has 1 aromatic heterocycles. The zero-order valence-corrected chi connectivity index (χ0v) is 8.90. The standard InChI is InChI=1S/C11H12N2O3/c1-15-7-10(14)12-6-11-13-8-4-2-3-5-9(8)16-11/h2-5H,6-7H2,1H3,(H,12,14). The van der Waals surface area contributed by atoms with E-state index in [9.17, 15) is 4.79 Å². The van der Waals surface area contributed by atoms with Crippen molar-refractivity contribution < 1.29 is 13.9 Å². The van der Waals surface area contributed by atoms with Crippen molar-refractivity contribution in [1.82, 2.24) is 10.3 Å². The first-order valence-electron chi connectivity index (χ1n) is 4.89. The average molecular weight is 220 g/mol.